The van der Waals surface area contributed by atoms with Crippen molar-refractivity contribution in [3.8, 4) is 0 Å². The number of carbonyl (C=O) groups excluding carboxylic acids is 2. The summed E-state index contributed by atoms with van der Waals surface area (Å²) in [4.78, 5) is 25.7. The molecule has 1 aliphatic heterocycles. The second-order valence-electron chi connectivity index (χ2n) is 4.53. The van der Waals surface area contributed by atoms with Crippen LogP contribution in [0.3, 0.4) is 0 Å². The molecule has 0 atom stereocenters. The third-order valence-corrected chi connectivity index (χ3v) is 3.27. The molecule has 0 bridgehead atoms. The van der Waals surface area contributed by atoms with E-state index >= 15 is 0 Å². The van der Waals surface area contributed by atoms with Crippen LogP contribution in [0.25, 0.3) is 5.65 Å². The van der Waals surface area contributed by atoms with Crippen LogP contribution in [0.1, 0.15) is 36.0 Å². The Bertz CT molecular complexity index is 636. The van der Waals surface area contributed by atoms with Gasteiger partial charge in [-0.1, -0.05) is 6.42 Å². The maximum Gasteiger partial charge on any atom is 0.264 e. The van der Waals surface area contributed by atoms with E-state index in [1.165, 1.54) is 9.42 Å². The smallest absolute Gasteiger partial charge is 0.264 e. The molecule has 0 N–H and O–H groups in total. The van der Waals surface area contributed by atoms with Crippen LogP contribution in [0.2, 0.25) is 0 Å². The Morgan fingerprint density at radius 2 is 2.16 bits per heavy atom. The van der Waals surface area contributed by atoms with E-state index in [-0.39, 0.29) is 11.8 Å². The van der Waals surface area contributed by atoms with Crippen molar-refractivity contribution in [3.05, 3.63) is 23.9 Å². The van der Waals surface area contributed by atoms with Crippen LogP contribution >= 0.6 is 0 Å². The monoisotopic (exact) mass is 259 g/mol. The molecule has 0 radical (unpaired) electrons. The third kappa shape index (κ3) is 2.07. The second-order valence-corrected chi connectivity index (χ2v) is 4.53. The molecule has 0 unspecified atom stereocenters. The number of amides is 2. The molecule has 1 aliphatic rings. The summed E-state index contributed by atoms with van der Waals surface area (Å²) in [6.45, 7) is 0.473. The zero-order valence-electron chi connectivity index (χ0n) is 10.3. The van der Waals surface area contributed by atoms with Gasteiger partial charge in [0.2, 0.25) is 5.91 Å². The van der Waals surface area contributed by atoms with Gasteiger partial charge >= 0.3 is 0 Å². The summed E-state index contributed by atoms with van der Waals surface area (Å²) < 4.78 is 1.43. The normalized spacial score (nSPS) is 16.6. The molecule has 2 aromatic heterocycles. The number of hydrogen-bond acceptors (Lipinski definition) is 5. The van der Waals surface area contributed by atoms with Gasteiger partial charge in [-0.05, 0) is 35.4 Å². The van der Waals surface area contributed by atoms with Gasteiger partial charge in [-0.2, -0.15) is 4.52 Å². The highest BCUT2D eigenvalue weighted by Gasteiger charge is 2.26. The Labute approximate surface area is 109 Å². The fourth-order valence-corrected chi connectivity index (χ4v) is 2.28. The van der Waals surface area contributed by atoms with Gasteiger partial charge in [0.05, 0.1) is 5.56 Å². The molecule has 3 heterocycles. The van der Waals surface area contributed by atoms with Crippen LogP contribution < -0.4 is 0 Å². The Kier molecular flexibility index (Phi) is 2.94. The number of aromatic nitrogens is 4. The zero-order valence-corrected chi connectivity index (χ0v) is 10.3. The molecule has 0 aromatic carbocycles. The summed E-state index contributed by atoms with van der Waals surface area (Å²) in [5, 5.41) is 11.1. The van der Waals surface area contributed by atoms with Crippen LogP contribution in [0.5, 0.6) is 0 Å². The first kappa shape index (κ1) is 11.8. The van der Waals surface area contributed by atoms with Gasteiger partial charge in [0, 0.05) is 19.2 Å². The maximum absolute atomic E-state index is 12.5. The fraction of sp³-hybridized carbons (Fsp3) is 0.417. The maximum atomic E-state index is 12.5. The largest absolute Gasteiger partial charge is 0.278 e. The van der Waals surface area contributed by atoms with Crippen molar-refractivity contribution in [1.29, 1.82) is 0 Å². The number of fused-ring (bicyclic) bond motifs is 1. The van der Waals surface area contributed by atoms with Gasteiger partial charge in [-0.3, -0.25) is 14.5 Å². The molecule has 0 spiro atoms. The minimum absolute atomic E-state index is 0.114. The van der Waals surface area contributed by atoms with E-state index in [2.05, 4.69) is 15.5 Å². The molecular weight excluding hydrogens is 246 g/mol. The Balaban J connectivity index is 1.98. The molecule has 19 heavy (non-hydrogen) atoms. The van der Waals surface area contributed by atoms with E-state index in [4.69, 9.17) is 0 Å². The van der Waals surface area contributed by atoms with Crippen LogP contribution in [-0.4, -0.2) is 43.3 Å². The van der Waals surface area contributed by atoms with Gasteiger partial charge < -0.3 is 0 Å². The third-order valence-electron chi connectivity index (χ3n) is 3.27. The first-order chi connectivity index (χ1) is 9.27. The standard InChI is InChI=1S/C12H13N5O2/c18-10-6-2-1-3-7-16(10)12(19)9-5-4-8-17-11(9)13-14-15-17/h4-5,8H,1-3,6-7H2. The quantitative estimate of drug-likeness (QED) is 0.703. The van der Waals surface area contributed by atoms with Crippen molar-refractivity contribution in [3.63, 3.8) is 0 Å². The first-order valence-electron chi connectivity index (χ1n) is 6.29. The van der Waals surface area contributed by atoms with Gasteiger partial charge in [0.25, 0.3) is 5.91 Å². The van der Waals surface area contributed by atoms with Crippen LogP contribution in [0.15, 0.2) is 18.3 Å². The van der Waals surface area contributed by atoms with E-state index in [0.29, 0.717) is 24.2 Å². The lowest BCUT2D eigenvalue weighted by Crippen LogP contribution is -2.36. The van der Waals surface area contributed by atoms with Crippen molar-refractivity contribution in [1.82, 2.24) is 24.9 Å². The molecule has 2 amide bonds. The molecule has 1 fully saturated rings. The SMILES string of the molecule is O=C1CCCCCN1C(=O)c1cccn2nnnc12. The number of imide groups is 1. The summed E-state index contributed by atoms with van der Waals surface area (Å²) >= 11 is 0. The molecule has 98 valence electrons. The van der Waals surface area contributed by atoms with Crippen LogP contribution in [-0.2, 0) is 4.79 Å². The predicted molar refractivity (Wildman–Crippen MR) is 65.3 cm³/mol. The highest BCUT2D eigenvalue weighted by atomic mass is 16.2. The van der Waals surface area contributed by atoms with E-state index in [9.17, 15) is 9.59 Å². The summed E-state index contributed by atoms with van der Waals surface area (Å²) in [5.41, 5.74) is 0.743. The van der Waals surface area contributed by atoms with Gasteiger partial charge in [-0.15, -0.1) is 5.10 Å². The first-order valence-corrected chi connectivity index (χ1v) is 6.29. The van der Waals surface area contributed by atoms with Crippen molar-refractivity contribution in [2.75, 3.05) is 6.54 Å². The highest BCUT2D eigenvalue weighted by Crippen LogP contribution is 2.16. The summed E-state index contributed by atoms with van der Waals surface area (Å²) in [5.74, 6) is -0.427. The minimum Gasteiger partial charge on any atom is -0.278 e. The van der Waals surface area contributed by atoms with E-state index < -0.39 is 0 Å². The topological polar surface area (TPSA) is 80.5 Å². The van der Waals surface area contributed by atoms with E-state index in [0.717, 1.165) is 19.3 Å². The predicted octanol–water partition coefficient (Wildman–Crippen LogP) is 0.667. The minimum atomic E-state index is -0.313. The van der Waals surface area contributed by atoms with Gasteiger partial charge in [0.15, 0.2) is 5.65 Å². The average Bonchev–Trinajstić information content (AvgIpc) is 2.80. The molecule has 7 nitrogen and oxygen atoms in total. The van der Waals surface area contributed by atoms with Crippen LogP contribution in [0, 0.1) is 0 Å². The fourth-order valence-electron chi connectivity index (χ4n) is 2.28. The van der Waals surface area contributed by atoms with Crippen molar-refractivity contribution in [2.45, 2.75) is 25.7 Å². The van der Waals surface area contributed by atoms with Crippen molar-refractivity contribution >= 4 is 17.5 Å². The molecule has 2 aromatic rings. The molecule has 7 heteroatoms. The highest BCUT2D eigenvalue weighted by molar-refractivity contribution is 6.07. The Morgan fingerprint density at radius 3 is 3.05 bits per heavy atom. The number of tetrazole rings is 1. The number of likely N-dealkylation sites (tertiary alicyclic amines) is 1. The summed E-state index contributed by atoms with van der Waals surface area (Å²) in [6.07, 6.45) is 4.77. The lowest BCUT2D eigenvalue weighted by molar-refractivity contribution is -0.128. The Morgan fingerprint density at radius 1 is 1.26 bits per heavy atom. The number of rotatable bonds is 1. The summed E-state index contributed by atoms with van der Waals surface area (Å²) in [7, 11) is 0. The number of hydrogen-bond donors (Lipinski definition) is 0. The number of pyridine rings is 1. The number of nitrogens with zero attached hydrogens (tertiary/aromatic N) is 5. The molecular formula is C12H13N5O2. The van der Waals surface area contributed by atoms with Gasteiger partial charge in [0.1, 0.15) is 0 Å². The zero-order chi connectivity index (χ0) is 13.2. The lowest BCUT2D eigenvalue weighted by atomic mass is 10.2. The second kappa shape index (κ2) is 4.75. The Hall–Kier alpha value is -2.31. The molecule has 0 aliphatic carbocycles. The van der Waals surface area contributed by atoms with Gasteiger partial charge in [-0.25, -0.2) is 0 Å². The molecule has 3 rings (SSSR count). The lowest BCUT2D eigenvalue weighted by Gasteiger charge is -2.18. The summed E-state index contributed by atoms with van der Waals surface area (Å²) in [6, 6.07) is 3.34. The van der Waals surface area contributed by atoms with Crippen molar-refractivity contribution < 1.29 is 9.59 Å². The average molecular weight is 259 g/mol. The van der Waals surface area contributed by atoms with E-state index in [1.807, 2.05) is 0 Å². The molecule has 0 saturated carbocycles. The number of carbonyl (C=O) groups is 2. The van der Waals surface area contributed by atoms with Crippen LogP contribution in [0.4, 0.5) is 0 Å². The van der Waals surface area contributed by atoms with Crippen molar-refractivity contribution in [2.24, 2.45) is 0 Å². The molecule has 1 saturated heterocycles. The van der Waals surface area contributed by atoms with E-state index in [1.54, 1.807) is 18.3 Å².